The normalized spacial score (nSPS) is 10.2. The van der Waals surface area contributed by atoms with Gasteiger partial charge >= 0.3 is 5.97 Å². The number of rotatable bonds is 2. The summed E-state index contributed by atoms with van der Waals surface area (Å²) in [5, 5.41) is 12.7. The van der Waals surface area contributed by atoms with Crippen molar-refractivity contribution in [2.24, 2.45) is 0 Å². The Morgan fingerprint density at radius 1 is 1.40 bits per heavy atom. The second kappa shape index (κ2) is 3.49. The fourth-order valence-corrected chi connectivity index (χ4v) is 1.09. The van der Waals surface area contributed by atoms with Crippen LogP contribution in [-0.4, -0.2) is 30.8 Å². The summed E-state index contributed by atoms with van der Waals surface area (Å²) in [6, 6.07) is 1.83. The SMILES string of the molecule is Cc1ccn(-c2cnc(C(=O)O)cn2)n1. The quantitative estimate of drug-likeness (QED) is 0.777. The van der Waals surface area contributed by atoms with Crippen LogP contribution >= 0.6 is 0 Å². The zero-order valence-corrected chi connectivity index (χ0v) is 7.95. The van der Waals surface area contributed by atoms with Gasteiger partial charge in [-0.05, 0) is 13.0 Å². The molecule has 0 atom stereocenters. The first kappa shape index (κ1) is 9.32. The van der Waals surface area contributed by atoms with E-state index in [1.807, 2.05) is 13.0 Å². The number of aryl methyl sites for hydroxylation is 1. The number of aromatic nitrogens is 4. The van der Waals surface area contributed by atoms with Gasteiger partial charge in [0.15, 0.2) is 11.5 Å². The maximum Gasteiger partial charge on any atom is 0.356 e. The molecule has 0 bridgehead atoms. The topological polar surface area (TPSA) is 80.9 Å². The molecule has 0 spiro atoms. The molecule has 6 nitrogen and oxygen atoms in total. The molecule has 2 aromatic rings. The highest BCUT2D eigenvalue weighted by molar-refractivity contribution is 5.84. The third kappa shape index (κ3) is 1.83. The van der Waals surface area contributed by atoms with E-state index in [2.05, 4.69) is 15.1 Å². The predicted molar refractivity (Wildman–Crippen MR) is 50.9 cm³/mol. The highest BCUT2D eigenvalue weighted by Crippen LogP contribution is 2.02. The molecule has 0 saturated heterocycles. The lowest BCUT2D eigenvalue weighted by molar-refractivity contribution is 0.0690. The van der Waals surface area contributed by atoms with E-state index in [0.717, 1.165) is 5.69 Å². The Labute approximate surface area is 85.2 Å². The van der Waals surface area contributed by atoms with Crippen LogP contribution in [0.1, 0.15) is 16.2 Å². The fraction of sp³-hybridized carbons (Fsp3) is 0.111. The zero-order chi connectivity index (χ0) is 10.8. The Bertz CT molecular complexity index is 489. The molecule has 0 fully saturated rings. The van der Waals surface area contributed by atoms with Crippen molar-refractivity contribution >= 4 is 5.97 Å². The molecule has 0 unspecified atom stereocenters. The van der Waals surface area contributed by atoms with Crippen molar-refractivity contribution in [2.75, 3.05) is 0 Å². The molecule has 76 valence electrons. The van der Waals surface area contributed by atoms with E-state index >= 15 is 0 Å². The summed E-state index contributed by atoms with van der Waals surface area (Å²) in [6.45, 7) is 1.86. The van der Waals surface area contributed by atoms with Crippen molar-refractivity contribution in [3.05, 3.63) is 36.0 Å². The van der Waals surface area contributed by atoms with Gasteiger partial charge in [-0.3, -0.25) is 0 Å². The van der Waals surface area contributed by atoms with E-state index in [4.69, 9.17) is 5.11 Å². The summed E-state index contributed by atoms with van der Waals surface area (Å²) in [7, 11) is 0. The minimum Gasteiger partial charge on any atom is -0.476 e. The maximum atomic E-state index is 10.5. The van der Waals surface area contributed by atoms with Gasteiger partial charge in [0.1, 0.15) is 0 Å². The maximum absolute atomic E-state index is 10.5. The van der Waals surface area contributed by atoms with Gasteiger partial charge in [0.05, 0.1) is 18.1 Å². The molecule has 2 rings (SSSR count). The van der Waals surface area contributed by atoms with E-state index in [1.54, 1.807) is 6.20 Å². The number of carboxylic acids is 1. The number of hydrogen-bond acceptors (Lipinski definition) is 4. The summed E-state index contributed by atoms with van der Waals surface area (Å²) in [5.74, 6) is -0.598. The van der Waals surface area contributed by atoms with Crippen LogP contribution < -0.4 is 0 Å². The van der Waals surface area contributed by atoms with Crippen LogP contribution in [0, 0.1) is 6.92 Å². The monoisotopic (exact) mass is 204 g/mol. The molecule has 6 heteroatoms. The lowest BCUT2D eigenvalue weighted by Crippen LogP contribution is -2.04. The lowest BCUT2D eigenvalue weighted by Gasteiger charge is -1.99. The van der Waals surface area contributed by atoms with Gasteiger partial charge in [0.25, 0.3) is 0 Å². The first-order valence-electron chi connectivity index (χ1n) is 4.25. The first-order chi connectivity index (χ1) is 7.16. The van der Waals surface area contributed by atoms with E-state index in [9.17, 15) is 4.79 Å². The van der Waals surface area contributed by atoms with Crippen LogP contribution in [0.25, 0.3) is 5.82 Å². The number of hydrogen-bond donors (Lipinski definition) is 1. The number of carboxylic acid groups (broad SMARTS) is 1. The molecule has 0 aromatic carbocycles. The largest absolute Gasteiger partial charge is 0.476 e. The Hall–Kier alpha value is -2.24. The molecule has 0 saturated carbocycles. The molecular formula is C9H8N4O2. The Morgan fingerprint density at radius 2 is 2.20 bits per heavy atom. The predicted octanol–water partition coefficient (Wildman–Crippen LogP) is 0.669. The summed E-state index contributed by atoms with van der Waals surface area (Å²) in [4.78, 5) is 18.2. The average Bonchev–Trinajstić information content (AvgIpc) is 2.65. The van der Waals surface area contributed by atoms with Crippen molar-refractivity contribution in [1.82, 2.24) is 19.7 Å². The van der Waals surface area contributed by atoms with Gasteiger partial charge in [-0.1, -0.05) is 0 Å². The molecule has 15 heavy (non-hydrogen) atoms. The second-order valence-electron chi connectivity index (χ2n) is 2.97. The number of carbonyl (C=O) groups is 1. The molecule has 0 amide bonds. The van der Waals surface area contributed by atoms with Gasteiger partial charge in [0.2, 0.25) is 0 Å². The Kier molecular flexibility index (Phi) is 2.17. The highest BCUT2D eigenvalue weighted by Gasteiger charge is 2.05. The van der Waals surface area contributed by atoms with Crippen molar-refractivity contribution in [3.63, 3.8) is 0 Å². The van der Waals surface area contributed by atoms with Crippen molar-refractivity contribution < 1.29 is 9.90 Å². The average molecular weight is 204 g/mol. The molecule has 2 aromatic heterocycles. The van der Waals surface area contributed by atoms with Gasteiger partial charge in [-0.2, -0.15) is 5.10 Å². The van der Waals surface area contributed by atoms with Crippen LogP contribution in [0.2, 0.25) is 0 Å². The lowest BCUT2D eigenvalue weighted by atomic mass is 10.4. The molecule has 0 aliphatic carbocycles. The third-order valence-corrected chi connectivity index (χ3v) is 1.81. The van der Waals surface area contributed by atoms with E-state index in [0.29, 0.717) is 5.82 Å². The van der Waals surface area contributed by atoms with Crippen molar-refractivity contribution in [2.45, 2.75) is 6.92 Å². The molecule has 2 heterocycles. The van der Waals surface area contributed by atoms with E-state index in [1.165, 1.54) is 17.1 Å². The summed E-state index contributed by atoms with van der Waals surface area (Å²) >= 11 is 0. The minimum atomic E-state index is -1.09. The van der Waals surface area contributed by atoms with Gasteiger partial charge in [-0.15, -0.1) is 0 Å². The van der Waals surface area contributed by atoms with E-state index in [-0.39, 0.29) is 5.69 Å². The zero-order valence-electron chi connectivity index (χ0n) is 7.95. The molecule has 0 aliphatic rings. The fourth-order valence-electron chi connectivity index (χ4n) is 1.09. The number of aromatic carboxylic acids is 1. The van der Waals surface area contributed by atoms with Crippen molar-refractivity contribution in [3.8, 4) is 5.82 Å². The second-order valence-corrected chi connectivity index (χ2v) is 2.97. The first-order valence-corrected chi connectivity index (χ1v) is 4.25. The van der Waals surface area contributed by atoms with Crippen molar-refractivity contribution in [1.29, 1.82) is 0 Å². The highest BCUT2D eigenvalue weighted by atomic mass is 16.4. The van der Waals surface area contributed by atoms with E-state index < -0.39 is 5.97 Å². The number of nitrogens with zero attached hydrogens (tertiary/aromatic N) is 4. The standard InChI is InChI=1S/C9H8N4O2/c1-6-2-3-13(12-6)8-5-10-7(4-11-8)9(14)15/h2-5H,1H3,(H,14,15). The molecular weight excluding hydrogens is 196 g/mol. The van der Waals surface area contributed by atoms with Gasteiger partial charge in [0, 0.05) is 6.20 Å². The molecule has 1 N–H and O–H groups in total. The van der Waals surface area contributed by atoms with Crippen LogP contribution in [0.3, 0.4) is 0 Å². The van der Waals surface area contributed by atoms with Crippen LogP contribution in [0.4, 0.5) is 0 Å². The molecule has 0 radical (unpaired) electrons. The Morgan fingerprint density at radius 3 is 2.67 bits per heavy atom. The third-order valence-electron chi connectivity index (χ3n) is 1.81. The van der Waals surface area contributed by atoms with Crippen LogP contribution in [-0.2, 0) is 0 Å². The molecule has 0 aliphatic heterocycles. The summed E-state index contributed by atoms with van der Waals surface area (Å²) in [5.41, 5.74) is 0.779. The smallest absolute Gasteiger partial charge is 0.356 e. The van der Waals surface area contributed by atoms with Crippen LogP contribution in [0.5, 0.6) is 0 Å². The summed E-state index contributed by atoms with van der Waals surface area (Å²) < 4.78 is 1.54. The van der Waals surface area contributed by atoms with Gasteiger partial charge in [-0.25, -0.2) is 19.4 Å². The minimum absolute atomic E-state index is 0.0809. The van der Waals surface area contributed by atoms with Crippen LogP contribution in [0.15, 0.2) is 24.7 Å². The Balaban J connectivity index is 2.35. The summed E-state index contributed by atoms with van der Waals surface area (Å²) in [6.07, 6.45) is 4.31. The van der Waals surface area contributed by atoms with Gasteiger partial charge < -0.3 is 5.11 Å².